The zero-order valence-electron chi connectivity index (χ0n) is 35.6. The van der Waals surface area contributed by atoms with Crippen LogP contribution in [0.4, 0.5) is 17.6 Å². The highest BCUT2D eigenvalue weighted by Crippen LogP contribution is 2.38. The van der Waals surface area contributed by atoms with Gasteiger partial charge in [-0.1, -0.05) is 36.4 Å². The molecule has 9 nitrogen and oxygen atoms in total. The highest BCUT2D eigenvalue weighted by Gasteiger charge is 2.38. The molecular formula is C48H60F4N2O7. The van der Waals surface area contributed by atoms with Crippen molar-refractivity contribution < 1.29 is 51.6 Å². The number of hydrogen-bond acceptors (Lipinski definition) is 8. The number of aromatic hydroxyl groups is 1. The minimum absolute atomic E-state index is 0.000999. The molecule has 332 valence electrons. The van der Waals surface area contributed by atoms with E-state index < -0.39 is 29.7 Å². The number of aliphatic carboxylic acids is 1. The Bertz CT molecular complexity index is 2080. The van der Waals surface area contributed by atoms with E-state index in [-0.39, 0.29) is 35.8 Å². The summed E-state index contributed by atoms with van der Waals surface area (Å²) in [6.45, 7) is 6.36. The van der Waals surface area contributed by atoms with E-state index in [0.717, 1.165) is 85.7 Å². The van der Waals surface area contributed by atoms with Gasteiger partial charge in [-0.15, -0.1) is 0 Å². The van der Waals surface area contributed by atoms with Crippen LogP contribution in [0.25, 0.3) is 21.5 Å². The fourth-order valence-corrected chi connectivity index (χ4v) is 8.90. The molecule has 2 saturated heterocycles. The van der Waals surface area contributed by atoms with E-state index in [1.165, 1.54) is 12.7 Å². The fraction of sp³-hybridized carbons (Fsp3) is 0.542. The Morgan fingerprint density at radius 3 is 1.54 bits per heavy atom. The van der Waals surface area contributed by atoms with Crippen LogP contribution in [-0.4, -0.2) is 96.4 Å². The Hall–Kier alpha value is -4.46. The highest BCUT2D eigenvalue weighted by atomic mass is 19.3. The van der Waals surface area contributed by atoms with Crippen molar-refractivity contribution in [2.24, 2.45) is 23.7 Å². The van der Waals surface area contributed by atoms with Crippen molar-refractivity contribution in [3.8, 4) is 11.5 Å². The van der Waals surface area contributed by atoms with Gasteiger partial charge in [0.2, 0.25) is 11.8 Å². The largest absolute Gasteiger partial charge is 0.508 e. The van der Waals surface area contributed by atoms with E-state index in [0.29, 0.717) is 51.6 Å². The number of nitrogens with zero attached hydrogens (tertiary/aromatic N) is 2. The van der Waals surface area contributed by atoms with Crippen LogP contribution in [0.1, 0.15) is 76.3 Å². The third kappa shape index (κ3) is 12.8. The van der Waals surface area contributed by atoms with Crippen LogP contribution in [0, 0.1) is 23.7 Å². The average molecular weight is 853 g/mol. The van der Waals surface area contributed by atoms with E-state index in [2.05, 4.69) is 40.1 Å². The molecule has 0 amide bonds. The molecule has 0 bridgehead atoms. The Kier molecular flexibility index (Phi) is 15.2. The van der Waals surface area contributed by atoms with Gasteiger partial charge < -0.3 is 24.4 Å². The van der Waals surface area contributed by atoms with Gasteiger partial charge in [-0.3, -0.25) is 19.4 Å². The van der Waals surface area contributed by atoms with Crippen LogP contribution in [0.3, 0.4) is 0 Å². The predicted octanol–water partition coefficient (Wildman–Crippen LogP) is 9.95. The second-order valence-electron chi connectivity index (χ2n) is 17.6. The molecule has 13 heteroatoms. The lowest BCUT2D eigenvalue weighted by Crippen LogP contribution is -2.49. The van der Waals surface area contributed by atoms with Crippen LogP contribution < -0.4 is 4.74 Å². The molecule has 2 saturated carbocycles. The van der Waals surface area contributed by atoms with Crippen LogP contribution in [0.15, 0.2) is 72.8 Å². The number of ether oxygens (including phenoxy) is 3. The molecule has 0 radical (unpaired) electrons. The molecule has 4 fully saturated rings. The number of esters is 1. The summed E-state index contributed by atoms with van der Waals surface area (Å²) in [5.74, 6) is -6.04. The Balaban J connectivity index is 0.000000168. The summed E-state index contributed by atoms with van der Waals surface area (Å²) >= 11 is 0. The Morgan fingerprint density at radius 2 is 1.07 bits per heavy atom. The summed E-state index contributed by atoms with van der Waals surface area (Å²) in [6, 6.07) is 23.8. The van der Waals surface area contributed by atoms with Gasteiger partial charge in [0.25, 0.3) is 0 Å². The van der Waals surface area contributed by atoms with Gasteiger partial charge >= 0.3 is 11.9 Å². The van der Waals surface area contributed by atoms with Crippen molar-refractivity contribution in [3.63, 3.8) is 0 Å². The lowest BCUT2D eigenvalue weighted by molar-refractivity contribution is -0.151. The van der Waals surface area contributed by atoms with E-state index in [1.807, 2.05) is 30.3 Å². The minimum atomic E-state index is -2.60. The molecule has 2 aliphatic heterocycles. The number of carbonyl (C=O) groups excluding carboxylic acids is 1. The SMILES string of the molecule is CC(F)(F)C1CCC(Oc2ccc3cc(CN4CC(C(=O)O)C4)ccc3c2)CC1.COC(=O)C1CN(Cc2ccc3cc(O)ccc3c2)C1.COC1CCC(C(C)(F)F)CC1. The molecule has 0 spiro atoms. The van der Waals surface area contributed by atoms with Crippen molar-refractivity contribution in [2.45, 2.75) is 102 Å². The number of fused-ring (bicyclic) bond motifs is 2. The minimum Gasteiger partial charge on any atom is -0.508 e. The second-order valence-corrected chi connectivity index (χ2v) is 17.6. The normalized spacial score (nSPS) is 22.8. The lowest BCUT2D eigenvalue weighted by atomic mass is 9.84. The molecular weight excluding hydrogens is 793 g/mol. The summed E-state index contributed by atoms with van der Waals surface area (Å²) in [5, 5.41) is 22.8. The van der Waals surface area contributed by atoms with Crippen molar-refractivity contribution in [1.82, 2.24) is 9.80 Å². The molecule has 2 aliphatic carbocycles. The standard InChI is InChI=1S/C23H27F2NO3.C16H17NO3.C9H16F2O/c1-23(24,25)19-5-8-20(9-6-19)29-21-7-4-16-10-15(2-3-17(16)11-21)12-26-13-18(14-26)22(27)28;1-20-16(19)14-9-17(10-14)8-11-2-3-13-7-15(18)5-4-12(13)6-11;1-9(10,11)7-3-5-8(12-2)6-4-7/h2-4,7,10-11,18-20H,5-6,8-9,12-14H2,1H3,(H,27,28);2-7,14,18H,8-10H2,1H3;7-8H,3-6H2,1-2H3. The maximum absolute atomic E-state index is 13.5. The van der Waals surface area contributed by atoms with Gasteiger partial charge in [0.1, 0.15) is 11.5 Å². The molecule has 2 N–H and O–H groups in total. The van der Waals surface area contributed by atoms with Crippen LogP contribution >= 0.6 is 0 Å². The molecule has 4 aromatic carbocycles. The van der Waals surface area contributed by atoms with Crippen molar-refractivity contribution >= 4 is 33.5 Å². The summed E-state index contributed by atoms with van der Waals surface area (Å²) in [7, 11) is 3.08. The number of carboxylic acids is 1. The first kappa shape index (κ1) is 46.1. The number of methoxy groups -OCH3 is 2. The third-order valence-electron chi connectivity index (χ3n) is 12.8. The second kappa shape index (κ2) is 20.2. The Morgan fingerprint density at radius 1 is 0.623 bits per heavy atom. The molecule has 4 aliphatic rings. The number of benzene rings is 4. The fourth-order valence-electron chi connectivity index (χ4n) is 8.90. The molecule has 0 atom stereocenters. The zero-order valence-corrected chi connectivity index (χ0v) is 35.6. The number of phenolic OH excluding ortho intramolecular Hbond substituents is 1. The van der Waals surface area contributed by atoms with Crippen LogP contribution in [0.5, 0.6) is 11.5 Å². The maximum atomic E-state index is 13.5. The van der Waals surface area contributed by atoms with E-state index in [4.69, 9.17) is 19.3 Å². The number of carbonyl (C=O) groups is 2. The van der Waals surface area contributed by atoms with E-state index in [9.17, 15) is 32.3 Å². The maximum Gasteiger partial charge on any atom is 0.311 e. The monoisotopic (exact) mass is 852 g/mol. The van der Waals surface area contributed by atoms with Gasteiger partial charge in [-0.25, -0.2) is 17.6 Å². The lowest BCUT2D eigenvalue weighted by Gasteiger charge is -2.37. The Labute approximate surface area is 355 Å². The molecule has 0 aromatic heterocycles. The summed E-state index contributed by atoms with van der Waals surface area (Å²) < 4.78 is 68.4. The van der Waals surface area contributed by atoms with Gasteiger partial charge in [0, 0.05) is 58.2 Å². The first-order chi connectivity index (χ1) is 29.0. The van der Waals surface area contributed by atoms with E-state index >= 15 is 0 Å². The first-order valence-corrected chi connectivity index (χ1v) is 21.4. The summed E-state index contributed by atoms with van der Waals surface area (Å²) in [5.41, 5.74) is 2.38. The quantitative estimate of drug-likeness (QED) is 0.113. The van der Waals surface area contributed by atoms with Gasteiger partial charge in [0.05, 0.1) is 31.2 Å². The molecule has 61 heavy (non-hydrogen) atoms. The number of phenols is 1. The number of alkyl halides is 4. The average Bonchev–Trinajstić information content (AvgIpc) is 3.20. The van der Waals surface area contributed by atoms with Crippen LogP contribution in [-0.2, 0) is 32.2 Å². The van der Waals surface area contributed by atoms with Gasteiger partial charge in [-0.2, -0.15) is 0 Å². The zero-order chi connectivity index (χ0) is 43.9. The topological polar surface area (TPSA) is 109 Å². The van der Waals surface area contributed by atoms with Gasteiger partial charge in [-0.05, 0) is 134 Å². The third-order valence-corrected chi connectivity index (χ3v) is 12.8. The molecule has 4 aromatic rings. The number of carboxylic acid groups (broad SMARTS) is 1. The first-order valence-electron chi connectivity index (χ1n) is 21.4. The molecule has 2 heterocycles. The number of halogens is 4. The molecule has 8 rings (SSSR count). The predicted molar refractivity (Wildman–Crippen MR) is 227 cm³/mol. The highest BCUT2D eigenvalue weighted by molar-refractivity contribution is 5.85. The number of likely N-dealkylation sites (tertiary alicyclic amines) is 2. The van der Waals surface area contributed by atoms with Crippen molar-refractivity contribution in [2.75, 3.05) is 40.4 Å². The number of rotatable bonds is 11. The molecule has 0 unspecified atom stereocenters. The summed E-state index contributed by atoms with van der Waals surface area (Å²) in [4.78, 5) is 26.6. The van der Waals surface area contributed by atoms with Crippen molar-refractivity contribution in [1.29, 1.82) is 0 Å². The number of hydrogen-bond donors (Lipinski definition) is 2. The van der Waals surface area contributed by atoms with Crippen LogP contribution in [0.2, 0.25) is 0 Å². The summed E-state index contributed by atoms with van der Waals surface area (Å²) in [6.07, 6.45) is 5.31. The van der Waals surface area contributed by atoms with E-state index in [1.54, 1.807) is 19.2 Å². The van der Waals surface area contributed by atoms with Crippen molar-refractivity contribution in [3.05, 3.63) is 83.9 Å². The van der Waals surface area contributed by atoms with Gasteiger partial charge in [0.15, 0.2) is 0 Å². The smallest absolute Gasteiger partial charge is 0.311 e.